The van der Waals surface area contributed by atoms with Gasteiger partial charge in [-0.3, -0.25) is 4.98 Å². The average Bonchev–Trinajstić information content (AvgIpc) is 2.38. The van der Waals surface area contributed by atoms with Gasteiger partial charge in [-0.1, -0.05) is 0 Å². The van der Waals surface area contributed by atoms with E-state index in [-0.39, 0.29) is 5.56 Å². The normalized spacial score (nSPS) is 10.5. The fourth-order valence-corrected chi connectivity index (χ4v) is 1.55. The molecule has 0 amide bonds. The molecule has 0 atom stereocenters. The van der Waals surface area contributed by atoms with Crippen molar-refractivity contribution in [3.63, 3.8) is 0 Å². The molecular weight excluding hydrogens is 232 g/mol. The Balaban J connectivity index is 2.14. The van der Waals surface area contributed by atoms with Crippen molar-refractivity contribution in [2.75, 3.05) is 20.3 Å². The van der Waals surface area contributed by atoms with E-state index in [2.05, 4.69) is 10.3 Å². The Kier molecular flexibility index (Phi) is 6.98. The lowest BCUT2D eigenvalue weighted by Crippen LogP contribution is -2.15. The van der Waals surface area contributed by atoms with Gasteiger partial charge in [0, 0.05) is 26.5 Å². The largest absolute Gasteiger partial charge is 0.478 e. The molecule has 0 aliphatic rings. The number of nitrogens with zero attached hydrogens (tertiary/aromatic N) is 1. The van der Waals surface area contributed by atoms with Crippen molar-refractivity contribution in [1.82, 2.24) is 10.3 Å². The summed E-state index contributed by atoms with van der Waals surface area (Å²) in [4.78, 5) is 14.7. The van der Waals surface area contributed by atoms with Crippen molar-refractivity contribution in [2.45, 2.75) is 25.8 Å². The Bertz CT molecular complexity index is 352. The van der Waals surface area contributed by atoms with Crippen LogP contribution in [0.2, 0.25) is 0 Å². The number of hydrogen-bond acceptors (Lipinski definition) is 4. The summed E-state index contributed by atoms with van der Waals surface area (Å²) in [6, 6.07) is 3.31. The van der Waals surface area contributed by atoms with Crippen molar-refractivity contribution < 1.29 is 14.6 Å². The zero-order valence-corrected chi connectivity index (χ0v) is 10.7. The first-order valence-corrected chi connectivity index (χ1v) is 6.12. The molecule has 1 heterocycles. The fourth-order valence-electron chi connectivity index (χ4n) is 1.55. The zero-order valence-electron chi connectivity index (χ0n) is 10.7. The summed E-state index contributed by atoms with van der Waals surface area (Å²) in [5, 5.41) is 12.0. The molecule has 1 aromatic heterocycles. The van der Waals surface area contributed by atoms with Crippen molar-refractivity contribution in [2.24, 2.45) is 0 Å². The van der Waals surface area contributed by atoms with Crippen LogP contribution in [0.1, 0.15) is 35.3 Å². The van der Waals surface area contributed by atoms with Gasteiger partial charge in [-0.25, -0.2) is 4.79 Å². The van der Waals surface area contributed by atoms with Crippen LogP contribution >= 0.6 is 0 Å². The fraction of sp³-hybridized carbons (Fsp3) is 0.538. The second-order valence-corrected chi connectivity index (χ2v) is 4.07. The number of aromatic nitrogens is 1. The minimum absolute atomic E-state index is 0.221. The van der Waals surface area contributed by atoms with Gasteiger partial charge in [-0.2, -0.15) is 0 Å². The van der Waals surface area contributed by atoms with Crippen molar-refractivity contribution in [1.29, 1.82) is 0 Å². The number of hydrogen-bond donors (Lipinski definition) is 2. The molecule has 0 fully saturated rings. The Morgan fingerprint density at radius 2 is 2.22 bits per heavy atom. The van der Waals surface area contributed by atoms with Gasteiger partial charge < -0.3 is 15.2 Å². The lowest BCUT2D eigenvalue weighted by molar-refractivity contribution is 0.0696. The number of carboxylic acids is 1. The van der Waals surface area contributed by atoms with Gasteiger partial charge >= 0.3 is 5.97 Å². The Morgan fingerprint density at radius 1 is 1.39 bits per heavy atom. The van der Waals surface area contributed by atoms with E-state index in [1.807, 2.05) is 0 Å². The summed E-state index contributed by atoms with van der Waals surface area (Å²) in [5.74, 6) is -0.944. The summed E-state index contributed by atoms with van der Waals surface area (Å²) >= 11 is 0. The first kappa shape index (κ1) is 14.6. The maximum absolute atomic E-state index is 10.6. The lowest BCUT2D eigenvalue weighted by atomic mass is 10.2. The quantitative estimate of drug-likeness (QED) is 0.654. The number of ether oxygens (including phenoxy) is 1. The van der Waals surface area contributed by atoms with E-state index in [0.717, 1.165) is 38.1 Å². The van der Waals surface area contributed by atoms with Crippen molar-refractivity contribution in [3.05, 3.63) is 29.6 Å². The second-order valence-electron chi connectivity index (χ2n) is 4.07. The Labute approximate surface area is 107 Å². The minimum atomic E-state index is -0.944. The van der Waals surface area contributed by atoms with Gasteiger partial charge in [0.25, 0.3) is 0 Å². The van der Waals surface area contributed by atoms with Gasteiger partial charge in [0.2, 0.25) is 0 Å². The third-order valence-electron chi connectivity index (χ3n) is 2.58. The SMILES string of the molecule is COCCCCCNCc1ccc(C(=O)O)cn1. The average molecular weight is 252 g/mol. The van der Waals surface area contributed by atoms with Crippen LogP contribution in [0.25, 0.3) is 0 Å². The first-order valence-electron chi connectivity index (χ1n) is 6.12. The number of nitrogens with one attached hydrogen (secondary N) is 1. The first-order chi connectivity index (χ1) is 8.74. The van der Waals surface area contributed by atoms with Crippen LogP contribution in [0, 0.1) is 0 Å². The van der Waals surface area contributed by atoms with Crippen LogP contribution < -0.4 is 5.32 Å². The van der Waals surface area contributed by atoms with Crippen LogP contribution in [0.15, 0.2) is 18.3 Å². The van der Waals surface area contributed by atoms with Crippen LogP contribution in [0.5, 0.6) is 0 Å². The van der Waals surface area contributed by atoms with Gasteiger partial charge in [0.15, 0.2) is 0 Å². The highest BCUT2D eigenvalue weighted by molar-refractivity contribution is 5.87. The predicted octanol–water partition coefficient (Wildman–Crippen LogP) is 1.69. The van der Waals surface area contributed by atoms with Crippen LogP contribution in [-0.4, -0.2) is 36.3 Å². The van der Waals surface area contributed by atoms with Gasteiger partial charge in [-0.15, -0.1) is 0 Å². The maximum Gasteiger partial charge on any atom is 0.337 e. The van der Waals surface area contributed by atoms with E-state index in [1.165, 1.54) is 6.20 Å². The van der Waals surface area contributed by atoms with Crippen LogP contribution in [-0.2, 0) is 11.3 Å². The molecule has 0 saturated heterocycles. The van der Waals surface area contributed by atoms with Crippen molar-refractivity contribution >= 4 is 5.97 Å². The summed E-state index contributed by atoms with van der Waals surface area (Å²) in [7, 11) is 1.71. The molecule has 1 rings (SSSR count). The van der Waals surface area contributed by atoms with E-state index in [4.69, 9.17) is 9.84 Å². The molecule has 0 radical (unpaired) electrons. The van der Waals surface area contributed by atoms with Crippen molar-refractivity contribution in [3.8, 4) is 0 Å². The monoisotopic (exact) mass is 252 g/mol. The molecular formula is C13H20N2O3. The number of methoxy groups -OCH3 is 1. The third kappa shape index (κ3) is 5.75. The highest BCUT2D eigenvalue weighted by atomic mass is 16.5. The summed E-state index contributed by atoms with van der Waals surface area (Å²) in [6.07, 6.45) is 4.73. The van der Waals surface area contributed by atoms with Gasteiger partial charge in [0.05, 0.1) is 11.3 Å². The molecule has 1 aromatic rings. The van der Waals surface area contributed by atoms with E-state index < -0.39 is 5.97 Å². The predicted molar refractivity (Wildman–Crippen MR) is 68.6 cm³/mol. The molecule has 100 valence electrons. The summed E-state index contributed by atoms with van der Waals surface area (Å²) in [5.41, 5.74) is 1.08. The number of unbranched alkanes of at least 4 members (excludes halogenated alkanes) is 2. The van der Waals surface area contributed by atoms with E-state index in [9.17, 15) is 4.79 Å². The molecule has 0 bridgehead atoms. The number of carbonyl (C=O) groups is 1. The molecule has 0 saturated carbocycles. The number of aromatic carboxylic acids is 1. The molecule has 2 N–H and O–H groups in total. The highest BCUT2D eigenvalue weighted by Gasteiger charge is 2.02. The standard InChI is InChI=1S/C13H20N2O3/c1-18-8-4-2-3-7-14-10-12-6-5-11(9-15-12)13(16)17/h5-6,9,14H,2-4,7-8,10H2,1H3,(H,16,17). The summed E-state index contributed by atoms with van der Waals surface area (Å²) in [6.45, 7) is 2.43. The topological polar surface area (TPSA) is 71.5 Å². The van der Waals surface area contributed by atoms with E-state index in [0.29, 0.717) is 6.54 Å². The van der Waals surface area contributed by atoms with E-state index in [1.54, 1.807) is 19.2 Å². The van der Waals surface area contributed by atoms with Gasteiger partial charge in [-0.05, 0) is 37.9 Å². The smallest absolute Gasteiger partial charge is 0.337 e. The number of carboxylic acid groups (broad SMARTS) is 1. The molecule has 0 aliphatic carbocycles. The van der Waals surface area contributed by atoms with Crippen LogP contribution in [0.4, 0.5) is 0 Å². The number of rotatable bonds is 9. The molecule has 5 nitrogen and oxygen atoms in total. The number of pyridine rings is 1. The summed E-state index contributed by atoms with van der Waals surface area (Å²) < 4.78 is 4.97. The molecule has 0 aliphatic heterocycles. The third-order valence-corrected chi connectivity index (χ3v) is 2.58. The molecule has 0 spiro atoms. The zero-order chi connectivity index (χ0) is 13.2. The molecule has 0 unspecified atom stereocenters. The van der Waals surface area contributed by atoms with Gasteiger partial charge in [0.1, 0.15) is 0 Å². The van der Waals surface area contributed by atoms with E-state index >= 15 is 0 Å². The lowest BCUT2D eigenvalue weighted by Gasteiger charge is -2.04. The molecule has 0 aromatic carbocycles. The maximum atomic E-state index is 10.6. The second kappa shape index (κ2) is 8.60. The highest BCUT2D eigenvalue weighted by Crippen LogP contribution is 2.00. The van der Waals surface area contributed by atoms with Crippen LogP contribution in [0.3, 0.4) is 0 Å². The molecule has 18 heavy (non-hydrogen) atoms. The minimum Gasteiger partial charge on any atom is -0.478 e. The Hall–Kier alpha value is -1.46. The Morgan fingerprint density at radius 3 is 2.83 bits per heavy atom. The molecule has 5 heteroatoms.